The van der Waals surface area contributed by atoms with Crippen molar-refractivity contribution in [2.75, 3.05) is 51.0 Å². The Morgan fingerprint density at radius 3 is 2.53 bits per heavy atom. The number of rotatable bonds is 4. The summed E-state index contributed by atoms with van der Waals surface area (Å²) < 4.78 is 13.0. The van der Waals surface area contributed by atoms with Crippen molar-refractivity contribution in [3.8, 4) is 11.3 Å². The fourth-order valence-corrected chi connectivity index (χ4v) is 6.61. The average molecular weight is 480 g/mol. The molecule has 3 aliphatic rings. The summed E-state index contributed by atoms with van der Waals surface area (Å²) in [7, 11) is 1.93. The zero-order valence-corrected chi connectivity index (χ0v) is 20.2. The molecule has 0 radical (unpaired) electrons. The average Bonchev–Trinajstić information content (AvgIpc) is 3.51. The van der Waals surface area contributed by atoms with Crippen LogP contribution < -0.4 is 4.90 Å². The Balaban J connectivity index is 1.37. The molecule has 178 valence electrons. The number of aryl methyl sites for hydroxylation is 1. The maximum atomic E-state index is 14.1. The molecule has 0 saturated carbocycles. The number of amides is 1. The van der Waals surface area contributed by atoms with Crippen LogP contribution in [0.5, 0.6) is 0 Å². The maximum Gasteiger partial charge on any atom is 0.266 e. The molecule has 1 aromatic carbocycles. The van der Waals surface area contributed by atoms with Gasteiger partial charge in [-0.3, -0.25) is 9.48 Å². The third-order valence-electron chi connectivity index (χ3n) is 7.31. The number of aromatic nitrogens is 3. The van der Waals surface area contributed by atoms with E-state index in [0.717, 1.165) is 67.6 Å². The molecular formula is C25H29N5O3S. The molecular weight excluding hydrogens is 450 g/mol. The lowest BCUT2D eigenvalue weighted by Gasteiger charge is -2.58. The number of hydrogen-bond donors (Lipinski definition) is 0. The lowest BCUT2D eigenvalue weighted by molar-refractivity contribution is -0.115. The van der Waals surface area contributed by atoms with Crippen LogP contribution in [0.3, 0.4) is 0 Å². The number of ether oxygens (including phenoxy) is 2. The van der Waals surface area contributed by atoms with Gasteiger partial charge in [0.2, 0.25) is 0 Å². The van der Waals surface area contributed by atoms with Gasteiger partial charge in [-0.25, -0.2) is 4.98 Å². The van der Waals surface area contributed by atoms with Gasteiger partial charge < -0.3 is 19.3 Å². The van der Waals surface area contributed by atoms with Gasteiger partial charge in [-0.2, -0.15) is 5.10 Å². The minimum atomic E-state index is 0.00941. The van der Waals surface area contributed by atoms with Gasteiger partial charge >= 0.3 is 0 Å². The summed E-state index contributed by atoms with van der Waals surface area (Å²) in [6, 6.07) is 10.1. The zero-order chi connectivity index (χ0) is 23.1. The van der Waals surface area contributed by atoms with Crippen molar-refractivity contribution in [2.24, 2.45) is 12.5 Å². The van der Waals surface area contributed by atoms with E-state index < -0.39 is 0 Å². The smallest absolute Gasteiger partial charge is 0.266 e. The molecule has 1 unspecified atom stereocenters. The third kappa shape index (κ3) is 3.72. The van der Waals surface area contributed by atoms with Crippen molar-refractivity contribution in [1.29, 1.82) is 0 Å². The molecule has 1 atom stereocenters. The summed E-state index contributed by atoms with van der Waals surface area (Å²) >= 11 is 1.51. The van der Waals surface area contributed by atoms with E-state index in [4.69, 9.17) is 14.5 Å². The molecule has 8 nitrogen and oxygen atoms in total. The first-order chi connectivity index (χ1) is 16.6. The van der Waals surface area contributed by atoms with Gasteiger partial charge in [-0.15, -0.1) is 0 Å². The van der Waals surface area contributed by atoms with Gasteiger partial charge in [0.25, 0.3) is 5.91 Å². The molecule has 1 amide bonds. The van der Waals surface area contributed by atoms with Crippen LogP contribution in [0.2, 0.25) is 0 Å². The number of carbonyl (C=O) groups is 1. The van der Waals surface area contributed by atoms with E-state index >= 15 is 0 Å². The Morgan fingerprint density at radius 1 is 1.09 bits per heavy atom. The molecule has 6 rings (SSSR count). The van der Waals surface area contributed by atoms with Crippen LogP contribution in [-0.4, -0.2) is 71.6 Å². The first-order valence-electron chi connectivity index (χ1n) is 11.9. The highest BCUT2D eigenvalue weighted by molar-refractivity contribution is 7.18. The van der Waals surface area contributed by atoms with Crippen LogP contribution in [0.15, 0.2) is 42.7 Å². The van der Waals surface area contributed by atoms with E-state index in [1.807, 2.05) is 59.4 Å². The summed E-state index contributed by atoms with van der Waals surface area (Å²) in [6.45, 7) is 5.19. The fourth-order valence-electron chi connectivity index (χ4n) is 5.51. The summed E-state index contributed by atoms with van der Waals surface area (Å²) in [5.74, 6) is 0.0573. The highest BCUT2D eigenvalue weighted by Gasteiger charge is 2.56. The van der Waals surface area contributed by atoms with Crippen LogP contribution in [0, 0.1) is 5.41 Å². The van der Waals surface area contributed by atoms with Gasteiger partial charge in [-0.1, -0.05) is 41.7 Å². The Kier molecular flexibility index (Phi) is 5.63. The molecule has 3 aliphatic heterocycles. The van der Waals surface area contributed by atoms with Crippen LogP contribution in [0.4, 0.5) is 5.13 Å². The molecule has 3 aromatic rings. The number of hydrogen-bond acceptors (Lipinski definition) is 7. The lowest BCUT2D eigenvalue weighted by Crippen LogP contribution is -2.62. The molecule has 1 spiro atoms. The third-order valence-corrected chi connectivity index (χ3v) is 8.41. The van der Waals surface area contributed by atoms with E-state index in [1.54, 1.807) is 0 Å². The van der Waals surface area contributed by atoms with Gasteiger partial charge in [0.1, 0.15) is 4.88 Å². The number of likely N-dealkylation sites (tertiary alicyclic amines) is 1. The normalized spacial score (nSPS) is 22.1. The van der Waals surface area contributed by atoms with Gasteiger partial charge in [0, 0.05) is 62.6 Å². The van der Waals surface area contributed by atoms with Crippen LogP contribution >= 0.6 is 11.3 Å². The molecule has 34 heavy (non-hydrogen) atoms. The minimum Gasteiger partial charge on any atom is -0.381 e. The summed E-state index contributed by atoms with van der Waals surface area (Å²) in [5.41, 5.74) is 2.90. The molecule has 3 fully saturated rings. The maximum absolute atomic E-state index is 14.1. The van der Waals surface area contributed by atoms with E-state index in [9.17, 15) is 4.79 Å². The molecule has 0 aliphatic carbocycles. The van der Waals surface area contributed by atoms with Crippen molar-refractivity contribution in [1.82, 2.24) is 19.7 Å². The van der Waals surface area contributed by atoms with Crippen LogP contribution in [-0.2, 0) is 16.5 Å². The van der Waals surface area contributed by atoms with E-state index in [2.05, 4.69) is 10.00 Å². The SMILES string of the molecule is Cn1cc(C2N(C(=O)c3sc(N4CCOCC4)nc3-c3ccccc3)CC23CCOCC3)cn1. The second-order valence-corrected chi connectivity index (χ2v) is 10.4. The highest BCUT2D eigenvalue weighted by Crippen LogP contribution is 2.55. The minimum absolute atomic E-state index is 0.00941. The quantitative estimate of drug-likeness (QED) is 0.571. The second-order valence-electron chi connectivity index (χ2n) is 9.40. The fraction of sp³-hybridized carbons (Fsp3) is 0.480. The van der Waals surface area contributed by atoms with Crippen molar-refractivity contribution < 1.29 is 14.3 Å². The van der Waals surface area contributed by atoms with Crippen LogP contribution in [0.1, 0.15) is 34.1 Å². The van der Waals surface area contributed by atoms with Crippen molar-refractivity contribution in [2.45, 2.75) is 18.9 Å². The Morgan fingerprint density at radius 2 is 1.82 bits per heavy atom. The molecule has 0 bridgehead atoms. The Hall–Kier alpha value is -2.75. The van der Waals surface area contributed by atoms with Crippen molar-refractivity contribution in [3.05, 3.63) is 53.2 Å². The van der Waals surface area contributed by atoms with Crippen molar-refractivity contribution in [3.63, 3.8) is 0 Å². The van der Waals surface area contributed by atoms with Gasteiger partial charge in [-0.05, 0) is 12.8 Å². The Bertz CT molecular complexity index is 1160. The van der Waals surface area contributed by atoms with E-state index in [-0.39, 0.29) is 17.4 Å². The predicted octanol–water partition coefficient (Wildman–Crippen LogP) is 3.37. The van der Waals surface area contributed by atoms with E-state index in [1.165, 1.54) is 11.3 Å². The largest absolute Gasteiger partial charge is 0.381 e. The first kappa shape index (κ1) is 21.8. The zero-order valence-electron chi connectivity index (χ0n) is 19.4. The molecule has 0 N–H and O–H groups in total. The Labute approximate surface area is 203 Å². The van der Waals surface area contributed by atoms with Gasteiger partial charge in [0.15, 0.2) is 5.13 Å². The summed E-state index contributed by atoms with van der Waals surface area (Å²) in [4.78, 5) is 24.1. The number of carbonyl (C=O) groups excluding carboxylic acids is 1. The topological polar surface area (TPSA) is 72.7 Å². The van der Waals surface area contributed by atoms with Crippen LogP contribution in [0.25, 0.3) is 11.3 Å². The van der Waals surface area contributed by atoms with Gasteiger partial charge in [0.05, 0.1) is 31.1 Å². The number of anilines is 1. The number of nitrogens with zero attached hydrogens (tertiary/aromatic N) is 5. The predicted molar refractivity (Wildman–Crippen MR) is 130 cm³/mol. The molecule has 2 aromatic heterocycles. The number of benzene rings is 1. The number of thiazole rings is 1. The lowest BCUT2D eigenvalue weighted by atomic mass is 9.64. The molecule has 3 saturated heterocycles. The summed E-state index contributed by atoms with van der Waals surface area (Å²) in [5, 5.41) is 5.31. The van der Waals surface area contributed by atoms with E-state index in [0.29, 0.717) is 18.1 Å². The highest BCUT2D eigenvalue weighted by atomic mass is 32.1. The molecule has 5 heterocycles. The standard InChI is InChI=1S/C25H29N5O3S/c1-28-16-19(15-26-28)22-25(7-11-32-12-8-25)17-30(22)23(31)21-20(18-5-3-2-4-6-18)27-24(34-21)29-9-13-33-14-10-29/h2-6,15-16,22H,7-14,17H2,1H3. The number of morpholine rings is 1. The van der Waals surface area contributed by atoms with Crippen molar-refractivity contribution >= 4 is 22.4 Å². The summed E-state index contributed by atoms with van der Waals surface area (Å²) in [6.07, 6.45) is 5.88. The second kappa shape index (κ2) is 8.79. The first-order valence-corrected chi connectivity index (χ1v) is 12.7. The molecule has 9 heteroatoms. The monoisotopic (exact) mass is 479 g/mol.